The first-order valence-electron chi connectivity index (χ1n) is 7.14. The normalized spacial score (nSPS) is 19.2. The second-order valence-corrected chi connectivity index (χ2v) is 6.95. The fraction of sp³-hybridized carbons (Fsp3) is 0.312. The number of carbonyl (C=O) groups excluding carboxylic acids is 1. The third-order valence-electron chi connectivity index (χ3n) is 3.76. The number of amides is 1. The molecular formula is C16H17NO4S2. The summed E-state index contributed by atoms with van der Waals surface area (Å²) in [5, 5.41) is 19.3. The summed E-state index contributed by atoms with van der Waals surface area (Å²) in [7, 11) is 0. The molecule has 0 saturated carbocycles. The molecule has 2 N–H and O–H groups in total. The SMILES string of the molecule is CCC(C)C(C(=O)O)N1C(=O)/C(=C/c2ccccc2O)SC1=S. The molecule has 1 aromatic carbocycles. The van der Waals surface area contributed by atoms with E-state index in [1.165, 1.54) is 17.0 Å². The minimum atomic E-state index is -1.07. The van der Waals surface area contributed by atoms with Crippen molar-refractivity contribution >= 4 is 46.3 Å². The number of rotatable bonds is 5. The molecule has 122 valence electrons. The van der Waals surface area contributed by atoms with Crippen LogP contribution in [0.5, 0.6) is 5.75 Å². The standard InChI is InChI=1S/C16H17NO4S2/c1-3-9(2)13(15(20)21)17-14(19)12(23-16(17)22)8-10-6-4-5-7-11(10)18/h4-9,13,18H,3H2,1-2H3,(H,20,21)/b12-8-. The summed E-state index contributed by atoms with van der Waals surface area (Å²) in [6, 6.07) is 5.63. The average Bonchev–Trinajstić information content (AvgIpc) is 2.77. The van der Waals surface area contributed by atoms with Crippen molar-refractivity contribution in [3.8, 4) is 5.75 Å². The second kappa shape index (κ2) is 7.14. The van der Waals surface area contributed by atoms with Gasteiger partial charge >= 0.3 is 5.97 Å². The van der Waals surface area contributed by atoms with Crippen molar-refractivity contribution in [1.82, 2.24) is 4.90 Å². The van der Waals surface area contributed by atoms with E-state index in [-0.39, 0.29) is 16.0 Å². The maximum absolute atomic E-state index is 12.6. The zero-order chi connectivity index (χ0) is 17.1. The first-order chi connectivity index (χ1) is 10.9. The van der Waals surface area contributed by atoms with Crippen molar-refractivity contribution in [3.63, 3.8) is 0 Å². The third-order valence-corrected chi connectivity index (χ3v) is 5.09. The smallest absolute Gasteiger partial charge is 0.327 e. The predicted molar refractivity (Wildman–Crippen MR) is 94.0 cm³/mol. The van der Waals surface area contributed by atoms with Crippen molar-refractivity contribution < 1.29 is 19.8 Å². The number of carboxylic acids is 1. The Bertz CT molecular complexity index is 686. The maximum Gasteiger partial charge on any atom is 0.327 e. The zero-order valence-electron chi connectivity index (χ0n) is 12.7. The van der Waals surface area contributed by atoms with E-state index < -0.39 is 17.9 Å². The van der Waals surface area contributed by atoms with Crippen molar-refractivity contribution in [2.24, 2.45) is 5.92 Å². The molecule has 1 saturated heterocycles. The highest BCUT2D eigenvalue weighted by Crippen LogP contribution is 2.36. The van der Waals surface area contributed by atoms with Gasteiger partial charge in [-0.25, -0.2) is 4.79 Å². The molecule has 1 heterocycles. The summed E-state index contributed by atoms with van der Waals surface area (Å²) in [6.45, 7) is 3.65. The van der Waals surface area contributed by atoms with Crippen LogP contribution in [0.2, 0.25) is 0 Å². The van der Waals surface area contributed by atoms with Gasteiger partial charge in [0, 0.05) is 5.56 Å². The molecule has 0 bridgehead atoms. The van der Waals surface area contributed by atoms with Gasteiger partial charge in [0.15, 0.2) is 0 Å². The number of nitrogens with zero attached hydrogens (tertiary/aromatic N) is 1. The largest absolute Gasteiger partial charge is 0.507 e. The molecule has 7 heteroatoms. The minimum absolute atomic E-state index is 0.0504. The molecule has 0 aromatic heterocycles. The Kier molecular flexibility index (Phi) is 5.43. The minimum Gasteiger partial charge on any atom is -0.507 e. The Hall–Kier alpha value is -1.86. The van der Waals surface area contributed by atoms with Gasteiger partial charge in [-0.2, -0.15) is 0 Å². The van der Waals surface area contributed by atoms with E-state index in [4.69, 9.17) is 12.2 Å². The molecule has 1 aromatic rings. The lowest BCUT2D eigenvalue weighted by Crippen LogP contribution is -2.47. The number of para-hydroxylation sites is 1. The fourth-order valence-corrected chi connectivity index (χ4v) is 3.62. The monoisotopic (exact) mass is 351 g/mol. The average molecular weight is 351 g/mol. The third kappa shape index (κ3) is 3.56. The van der Waals surface area contributed by atoms with Crippen LogP contribution < -0.4 is 0 Å². The number of benzene rings is 1. The summed E-state index contributed by atoms with van der Waals surface area (Å²) in [5.41, 5.74) is 0.489. The number of aromatic hydroxyl groups is 1. The van der Waals surface area contributed by atoms with Crippen LogP contribution >= 0.6 is 24.0 Å². The molecule has 0 spiro atoms. The van der Waals surface area contributed by atoms with E-state index in [2.05, 4.69) is 0 Å². The van der Waals surface area contributed by atoms with E-state index >= 15 is 0 Å². The molecule has 23 heavy (non-hydrogen) atoms. The molecule has 5 nitrogen and oxygen atoms in total. The number of thiocarbonyl (C=S) groups is 1. The van der Waals surface area contributed by atoms with Gasteiger partial charge in [0.25, 0.3) is 5.91 Å². The van der Waals surface area contributed by atoms with Gasteiger partial charge in [0.05, 0.1) is 4.91 Å². The molecular weight excluding hydrogens is 334 g/mol. The van der Waals surface area contributed by atoms with E-state index in [9.17, 15) is 19.8 Å². The summed E-state index contributed by atoms with van der Waals surface area (Å²) in [6.07, 6.45) is 2.15. The lowest BCUT2D eigenvalue weighted by molar-refractivity contribution is -0.147. The van der Waals surface area contributed by atoms with Crippen LogP contribution in [0.3, 0.4) is 0 Å². The van der Waals surface area contributed by atoms with Gasteiger partial charge in [-0.05, 0) is 18.1 Å². The molecule has 2 unspecified atom stereocenters. The van der Waals surface area contributed by atoms with Gasteiger partial charge in [-0.1, -0.05) is 62.4 Å². The number of carbonyl (C=O) groups is 2. The van der Waals surface area contributed by atoms with Crippen molar-refractivity contribution in [1.29, 1.82) is 0 Å². The van der Waals surface area contributed by atoms with Crippen molar-refractivity contribution in [3.05, 3.63) is 34.7 Å². The number of hydrogen-bond donors (Lipinski definition) is 2. The molecule has 0 aliphatic carbocycles. The molecule has 2 rings (SSSR count). The van der Waals surface area contributed by atoms with Crippen LogP contribution in [0.1, 0.15) is 25.8 Å². The maximum atomic E-state index is 12.6. The first-order valence-corrected chi connectivity index (χ1v) is 8.37. The van der Waals surface area contributed by atoms with Gasteiger partial charge in [0.1, 0.15) is 16.1 Å². The Labute approximate surface area is 144 Å². The molecule has 1 fully saturated rings. The highest BCUT2D eigenvalue weighted by Gasteiger charge is 2.42. The van der Waals surface area contributed by atoms with Crippen LogP contribution in [-0.2, 0) is 9.59 Å². The first kappa shape index (κ1) is 17.5. The van der Waals surface area contributed by atoms with Gasteiger partial charge < -0.3 is 10.2 Å². The number of aliphatic carboxylic acids is 1. The number of thioether (sulfide) groups is 1. The fourth-order valence-electron chi connectivity index (χ4n) is 2.30. The quantitative estimate of drug-likeness (QED) is 0.627. The topological polar surface area (TPSA) is 77.8 Å². The van der Waals surface area contributed by atoms with Crippen LogP contribution in [-0.4, -0.2) is 37.4 Å². The van der Waals surface area contributed by atoms with Crippen LogP contribution in [0, 0.1) is 5.92 Å². The number of hydrogen-bond acceptors (Lipinski definition) is 5. The second-order valence-electron chi connectivity index (χ2n) is 5.28. The van der Waals surface area contributed by atoms with Gasteiger partial charge in [-0.15, -0.1) is 0 Å². The van der Waals surface area contributed by atoms with Crippen LogP contribution in [0.25, 0.3) is 6.08 Å². The Balaban J connectivity index is 2.36. The number of carboxylic acid groups (broad SMARTS) is 1. The molecule has 0 radical (unpaired) electrons. The molecule has 1 aliphatic heterocycles. The van der Waals surface area contributed by atoms with Gasteiger partial charge in [-0.3, -0.25) is 9.69 Å². The zero-order valence-corrected chi connectivity index (χ0v) is 14.4. The molecule has 2 atom stereocenters. The lowest BCUT2D eigenvalue weighted by atomic mass is 9.98. The molecule has 1 amide bonds. The summed E-state index contributed by atoms with van der Waals surface area (Å²) >= 11 is 6.26. The molecule has 1 aliphatic rings. The highest BCUT2D eigenvalue weighted by molar-refractivity contribution is 8.26. The van der Waals surface area contributed by atoms with Crippen molar-refractivity contribution in [2.75, 3.05) is 0 Å². The number of phenolic OH excluding ortho intramolecular Hbond substituents is 1. The lowest BCUT2D eigenvalue weighted by Gasteiger charge is -2.27. The van der Waals surface area contributed by atoms with E-state index in [1.807, 2.05) is 6.92 Å². The van der Waals surface area contributed by atoms with Gasteiger partial charge in [0.2, 0.25) is 0 Å². The van der Waals surface area contributed by atoms with E-state index in [1.54, 1.807) is 25.1 Å². The van der Waals surface area contributed by atoms with E-state index in [0.717, 1.165) is 11.8 Å². The Morgan fingerprint density at radius 3 is 2.65 bits per heavy atom. The number of phenols is 1. The van der Waals surface area contributed by atoms with E-state index in [0.29, 0.717) is 16.9 Å². The van der Waals surface area contributed by atoms with Crippen LogP contribution in [0.4, 0.5) is 0 Å². The Morgan fingerprint density at radius 2 is 2.09 bits per heavy atom. The summed E-state index contributed by atoms with van der Waals surface area (Å²) in [4.78, 5) is 25.7. The summed E-state index contributed by atoms with van der Waals surface area (Å²) < 4.78 is 0.226. The Morgan fingerprint density at radius 1 is 1.43 bits per heavy atom. The van der Waals surface area contributed by atoms with Crippen LogP contribution in [0.15, 0.2) is 29.2 Å². The van der Waals surface area contributed by atoms with Crippen molar-refractivity contribution in [2.45, 2.75) is 26.3 Å². The summed E-state index contributed by atoms with van der Waals surface area (Å²) in [5.74, 6) is -1.68. The predicted octanol–water partition coefficient (Wildman–Crippen LogP) is 3.09. The highest BCUT2D eigenvalue weighted by atomic mass is 32.2.